The summed E-state index contributed by atoms with van der Waals surface area (Å²) in [6, 6.07) is 0. The smallest absolute Gasteiger partial charge is 0.322 e. The molecule has 0 heterocycles. The Labute approximate surface area is 113 Å². The van der Waals surface area contributed by atoms with Crippen molar-refractivity contribution < 1.29 is 27.5 Å². The number of hydrogen-bond donors (Lipinski definition) is 0. The van der Waals surface area contributed by atoms with E-state index >= 15 is 0 Å². The molecule has 0 aliphatic rings. The third-order valence-corrected chi connectivity index (χ3v) is 3.78. The molecular weight excluding hydrogens is 274 g/mol. The summed E-state index contributed by atoms with van der Waals surface area (Å²) in [6.07, 6.45) is 0.529. The quantitative estimate of drug-likeness (QED) is 0.563. The molecule has 0 spiro atoms. The van der Waals surface area contributed by atoms with E-state index in [4.69, 9.17) is 4.74 Å². The summed E-state index contributed by atoms with van der Waals surface area (Å²) in [7, 11) is -3.86. The molecule has 0 amide bonds. The number of sulfonamides is 1. The first-order valence-electron chi connectivity index (χ1n) is 6.16. The lowest BCUT2D eigenvalue weighted by molar-refractivity contribution is -0.143. The molecule has 0 aromatic carbocycles. The zero-order valence-electron chi connectivity index (χ0n) is 11.5. The van der Waals surface area contributed by atoms with Crippen molar-refractivity contribution in [2.24, 2.45) is 0 Å². The molecule has 19 heavy (non-hydrogen) atoms. The number of hydrogen-bond acceptors (Lipinski definition) is 6. The summed E-state index contributed by atoms with van der Waals surface area (Å²) in [5.74, 6) is -2.23. The van der Waals surface area contributed by atoms with Crippen molar-refractivity contribution in [2.75, 3.05) is 32.1 Å². The van der Waals surface area contributed by atoms with Gasteiger partial charge >= 0.3 is 11.9 Å². The van der Waals surface area contributed by atoms with Gasteiger partial charge in [-0.3, -0.25) is 9.59 Å². The average molecular weight is 295 g/mol. The molecule has 0 saturated carbocycles. The van der Waals surface area contributed by atoms with Crippen LogP contribution in [-0.2, 0) is 29.1 Å². The third-order valence-electron chi connectivity index (χ3n) is 2.08. The van der Waals surface area contributed by atoms with Gasteiger partial charge in [-0.1, -0.05) is 6.92 Å². The van der Waals surface area contributed by atoms with E-state index in [-0.39, 0.29) is 26.3 Å². The second-order valence-electron chi connectivity index (χ2n) is 3.70. The molecule has 0 unspecified atom stereocenters. The predicted molar refractivity (Wildman–Crippen MR) is 68.9 cm³/mol. The summed E-state index contributed by atoms with van der Waals surface area (Å²) in [4.78, 5) is 22.6. The molecule has 0 aliphatic heterocycles. The molecule has 0 N–H and O–H groups in total. The van der Waals surface area contributed by atoms with Gasteiger partial charge in [0, 0.05) is 6.54 Å². The Morgan fingerprint density at radius 3 is 2.00 bits per heavy atom. The minimum atomic E-state index is -3.86. The maximum absolute atomic E-state index is 12.0. The second kappa shape index (κ2) is 8.87. The minimum Gasteiger partial charge on any atom is -0.465 e. The predicted octanol–water partition coefficient (Wildman–Crippen LogP) is 0.154. The van der Waals surface area contributed by atoms with E-state index in [2.05, 4.69) is 4.74 Å². The van der Waals surface area contributed by atoms with Gasteiger partial charge < -0.3 is 9.47 Å². The second-order valence-corrected chi connectivity index (χ2v) is 5.67. The summed E-state index contributed by atoms with van der Waals surface area (Å²) in [5.41, 5.74) is 0. The van der Waals surface area contributed by atoms with Crippen LogP contribution in [0.4, 0.5) is 0 Å². The van der Waals surface area contributed by atoms with Gasteiger partial charge in [0.1, 0.15) is 6.54 Å². The topological polar surface area (TPSA) is 90.0 Å². The van der Waals surface area contributed by atoms with Crippen molar-refractivity contribution >= 4 is 22.0 Å². The van der Waals surface area contributed by atoms with Crippen LogP contribution in [0.5, 0.6) is 0 Å². The Kier molecular flexibility index (Phi) is 8.33. The van der Waals surface area contributed by atoms with Crippen LogP contribution in [0.25, 0.3) is 0 Å². The third kappa shape index (κ3) is 7.12. The highest BCUT2D eigenvalue weighted by atomic mass is 32.2. The van der Waals surface area contributed by atoms with Crippen molar-refractivity contribution in [1.29, 1.82) is 0 Å². The Balaban J connectivity index is 4.74. The molecule has 0 bridgehead atoms. The van der Waals surface area contributed by atoms with Gasteiger partial charge in [0.25, 0.3) is 0 Å². The van der Waals surface area contributed by atoms with Gasteiger partial charge in [0.05, 0.1) is 13.2 Å². The van der Waals surface area contributed by atoms with Crippen molar-refractivity contribution in [3.05, 3.63) is 0 Å². The van der Waals surface area contributed by atoms with Crippen LogP contribution in [0.2, 0.25) is 0 Å². The van der Waals surface area contributed by atoms with Crippen molar-refractivity contribution in [1.82, 2.24) is 4.31 Å². The van der Waals surface area contributed by atoms with Crippen LogP contribution in [0, 0.1) is 0 Å². The fraction of sp³-hybridized carbons (Fsp3) is 0.818. The molecule has 0 rings (SSSR count). The first-order chi connectivity index (χ1) is 8.87. The molecule has 0 saturated heterocycles. The first-order valence-corrected chi connectivity index (χ1v) is 7.77. The Morgan fingerprint density at radius 1 is 1.00 bits per heavy atom. The lowest BCUT2D eigenvalue weighted by Crippen LogP contribution is -2.40. The molecule has 0 aromatic rings. The molecule has 8 heteroatoms. The Bertz CT molecular complexity index is 392. The van der Waals surface area contributed by atoms with Crippen molar-refractivity contribution in [3.8, 4) is 0 Å². The van der Waals surface area contributed by atoms with Gasteiger partial charge in [-0.25, -0.2) is 8.42 Å². The molecule has 0 aromatic heterocycles. The number of carbonyl (C=O) groups excluding carboxylic acids is 2. The van der Waals surface area contributed by atoms with Crippen molar-refractivity contribution in [2.45, 2.75) is 27.2 Å². The van der Waals surface area contributed by atoms with Crippen LogP contribution in [0.1, 0.15) is 27.2 Å². The van der Waals surface area contributed by atoms with Gasteiger partial charge in [0.2, 0.25) is 10.0 Å². The zero-order chi connectivity index (χ0) is 14.9. The lowest BCUT2D eigenvalue weighted by atomic mass is 10.5. The summed E-state index contributed by atoms with van der Waals surface area (Å²) in [5, 5.41) is 0. The minimum absolute atomic E-state index is 0.111. The van der Waals surface area contributed by atoms with Crippen LogP contribution >= 0.6 is 0 Å². The molecule has 0 atom stereocenters. The maximum Gasteiger partial charge on any atom is 0.322 e. The van der Waals surface area contributed by atoms with E-state index in [1.807, 2.05) is 0 Å². The fourth-order valence-corrected chi connectivity index (χ4v) is 2.69. The van der Waals surface area contributed by atoms with E-state index in [9.17, 15) is 18.0 Å². The van der Waals surface area contributed by atoms with E-state index in [0.29, 0.717) is 6.42 Å². The normalized spacial score (nSPS) is 11.4. The Morgan fingerprint density at radius 2 is 1.53 bits per heavy atom. The molecule has 0 radical (unpaired) electrons. The van der Waals surface area contributed by atoms with Gasteiger partial charge in [0.15, 0.2) is 5.75 Å². The van der Waals surface area contributed by atoms with Gasteiger partial charge in [-0.05, 0) is 20.3 Å². The number of rotatable bonds is 9. The van der Waals surface area contributed by atoms with E-state index in [0.717, 1.165) is 4.31 Å². The van der Waals surface area contributed by atoms with Crippen LogP contribution in [0.3, 0.4) is 0 Å². The summed E-state index contributed by atoms with van der Waals surface area (Å²) >= 11 is 0. The first kappa shape index (κ1) is 17.8. The highest BCUT2D eigenvalue weighted by molar-refractivity contribution is 7.89. The van der Waals surface area contributed by atoms with Crippen LogP contribution in [0.15, 0.2) is 0 Å². The standard InChI is InChI=1S/C11H21NO6S/c1-4-7-12(8-10(13)17-5-2)19(15,16)9-11(14)18-6-3/h4-9H2,1-3H3. The lowest BCUT2D eigenvalue weighted by Gasteiger charge is -2.19. The fourth-order valence-electron chi connectivity index (χ4n) is 1.36. The van der Waals surface area contributed by atoms with E-state index in [1.54, 1.807) is 20.8 Å². The monoisotopic (exact) mass is 295 g/mol. The van der Waals surface area contributed by atoms with E-state index < -0.39 is 27.7 Å². The molecule has 0 aliphatic carbocycles. The van der Waals surface area contributed by atoms with E-state index in [1.165, 1.54) is 0 Å². The average Bonchev–Trinajstić information content (AvgIpc) is 2.28. The van der Waals surface area contributed by atoms with Gasteiger partial charge in [-0.15, -0.1) is 0 Å². The number of nitrogens with zero attached hydrogens (tertiary/aromatic N) is 1. The highest BCUT2D eigenvalue weighted by Crippen LogP contribution is 2.04. The summed E-state index contributed by atoms with van der Waals surface area (Å²) < 4.78 is 34.2. The highest BCUT2D eigenvalue weighted by Gasteiger charge is 2.27. The summed E-state index contributed by atoms with van der Waals surface area (Å²) in [6.45, 7) is 5.06. The number of carbonyl (C=O) groups is 2. The zero-order valence-corrected chi connectivity index (χ0v) is 12.4. The molecule has 112 valence electrons. The molecule has 0 fully saturated rings. The number of esters is 2. The SMILES string of the molecule is CCCN(CC(=O)OCC)S(=O)(=O)CC(=O)OCC. The largest absolute Gasteiger partial charge is 0.465 e. The van der Waals surface area contributed by atoms with Crippen molar-refractivity contribution in [3.63, 3.8) is 0 Å². The number of ether oxygens (including phenoxy) is 2. The van der Waals surface area contributed by atoms with Gasteiger partial charge in [-0.2, -0.15) is 4.31 Å². The van der Waals surface area contributed by atoms with Crippen LogP contribution < -0.4 is 0 Å². The Hall–Kier alpha value is -1.15. The van der Waals surface area contributed by atoms with Crippen LogP contribution in [-0.4, -0.2) is 56.7 Å². The maximum atomic E-state index is 12.0. The molecular formula is C11H21NO6S. The molecule has 7 nitrogen and oxygen atoms in total.